The molecule has 0 saturated carbocycles. The minimum absolute atomic E-state index is 0.0320. The zero-order valence-electron chi connectivity index (χ0n) is 18.4. The Labute approximate surface area is 213 Å². The van der Waals surface area contributed by atoms with Crippen LogP contribution in [0.1, 0.15) is 15.9 Å². The van der Waals surface area contributed by atoms with Gasteiger partial charge in [0, 0.05) is 5.56 Å². The highest BCUT2D eigenvalue weighted by molar-refractivity contribution is 7.91. The Morgan fingerprint density at radius 3 is 1.67 bits per heavy atom. The SMILES string of the molecule is O=C1NS(=O)(=O)c2cc(-c3ccccc3)ccc21.O=S1(=O)N=C(Cl)c2ccc(-c3ccccc3)cc21. The van der Waals surface area contributed by atoms with Gasteiger partial charge in [0.25, 0.3) is 26.0 Å². The predicted octanol–water partition coefficient (Wildman–Crippen LogP) is 4.83. The molecule has 0 saturated heterocycles. The quantitative estimate of drug-likeness (QED) is 0.394. The van der Waals surface area contributed by atoms with E-state index < -0.39 is 26.0 Å². The Balaban J connectivity index is 0.000000148. The lowest BCUT2D eigenvalue weighted by atomic mass is 10.0. The van der Waals surface area contributed by atoms with Gasteiger partial charge in [-0.15, -0.1) is 4.40 Å². The van der Waals surface area contributed by atoms with Gasteiger partial charge in [-0.05, 0) is 46.5 Å². The number of carbonyl (C=O) groups is 1. The highest BCUT2D eigenvalue weighted by Crippen LogP contribution is 2.32. The monoisotopic (exact) mass is 536 g/mol. The third-order valence-corrected chi connectivity index (χ3v) is 8.71. The highest BCUT2D eigenvalue weighted by atomic mass is 35.5. The predicted molar refractivity (Wildman–Crippen MR) is 138 cm³/mol. The van der Waals surface area contributed by atoms with E-state index in [9.17, 15) is 21.6 Å². The molecule has 4 aromatic carbocycles. The van der Waals surface area contributed by atoms with Crippen LogP contribution in [0.25, 0.3) is 22.3 Å². The molecule has 0 unspecified atom stereocenters. The maximum atomic E-state index is 11.8. The zero-order valence-corrected chi connectivity index (χ0v) is 20.8. The number of sulfonamides is 2. The minimum atomic E-state index is -3.68. The first-order valence-corrected chi connectivity index (χ1v) is 13.9. The molecule has 180 valence electrons. The molecule has 0 radical (unpaired) electrons. The molecule has 0 bridgehead atoms. The lowest BCUT2D eigenvalue weighted by molar-refractivity contribution is 0.0985. The fourth-order valence-corrected chi connectivity index (χ4v) is 6.71. The second kappa shape index (κ2) is 9.02. The third kappa shape index (κ3) is 4.44. The van der Waals surface area contributed by atoms with E-state index in [2.05, 4.69) is 4.40 Å². The van der Waals surface area contributed by atoms with Crippen molar-refractivity contribution in [2.75, 3.05) is 0 Å². The summed E-state index contributed by atoms with van der Waals surface area (Å²) in [6.07, 6.45) is 0. The van der Waals surface area contributed by atoms with Gasteiger partial charge in [-0.25, -0.2) is 13.1 Å². The van der Waals surface area contributed by atoms with E-state index in [0.717, 1.165) is 22.3 Å². The first-order valence-electron chi connectivity index (χ1n) is 10.6. The number of nitrogens with zero attached hydrogens (tertiary/aromatic N) is 1. The summed E-state index contributed by atoms with van der Waals surface area (Å²) in [5, 5.41) is 0.0320. The van der Waals surface area contributed by atoms with E-state index in [1.54, 1.807) is 18.2 Å². The Kier molecular flexibility index (Phi) is 5.99. The standard InChI is InChI=1S/C13H8ClNO2S.C13H9NO3S/c14-13-11-7-6-10(9-4-2-1-3-5-9)8-12(11)18(16,17)15-13;15-13-11-7-6-10(9-4-2-1-3-5-9)8-12(11)18(16,17)14-13/h1-8H;1-8H,(H,14,15). The molecule has 2 aliphatic rings. The smallest absolute Gasteiger partial charge is 0.268 e. The second-order valence-electron chi connectivity index (χ2n) is 7.95. The molecule has 0 atom stereocenters. The fraction of sp³-hybridized carbons (Fsp3) is 0. The molecule has 36 heavy (non-hydrogen) atoms. The number of amides is 1. The van der Waals surface area contributed by atoms with Gasteiger partial charge in [-0.3, -0.25) is 4.79 Å². The van der Waals surface area contributed by atoms with Crippen LogP contribution in [0.5, 0.6) is 0 Å². The molecule has 4 aromatic rings. The Bertz CT molecular complexity index is 1750. The first-order chi connectivity index (χ1) is 17.2. The fourth-order valence-electron chi connectivity index (χ4n) is 3.89. The number of rotatable bonds is 2. The van der Waals surface area contributed by atoms with Crippen LogP contribution in [0, 0.1) is 0 Å². The van der Waals surface area contributed by atoms with Crippen molar-refractivity contribution in [3.8, 4) is 22.3 Å². The van der Waals surface area contributed by atoms with Gasteiger partial charge < -0.3 is 0 Å². The van der Waals surface area contributed by atoms with Gasteiger partial charge in [0.15, 0.2) is 5.17 Å². The van der Waals surface area contributed by atoms with Crippen molar-refractivity contribution >= 4 is 42.7 Å². The normalized spacial score (nSPS) is 16.1. The molecule has 0 aromatic heterocycles. The van der Waals surface area contributed by atoms with Gasteiger partial charge in [-0.1, -0.05) is 84.4 Å². The molecule has 1 amide bonds. The maximum Gasteiger partial charge on any atom is 0.284 e. The van der Waals surface area contributed by atoms with Crippen molar-refractivity contribution in [2.45, 2.75) is 9.79 Å². The van der Waals surface area contributed by atoms with Crippen molar-refractivity contribution in [1.82, 2.24) is 4.72 Å². The molecule has 0 spiro atoms. The summed E-state index contributed by atoms with van der Waals surface area (Å²) in [4.78, 5) is 11.7. The molecule has 10 heteroatoms. The van der Waals surface area contributed by atoms with E-state index in [1.165, 1.54) is 12.1 Å². The van der Waals surface area contributed by atoms with E-state index in [4.69, 9.17) is 11.6 Å². The summed E-state index contributed by atoms with van der Waals surface area (Å²) in [5.41, 5.74) is 4.15. The summed E-state index contributed by atoms with van der Waals surface area (Å²) < 4.78 is 52.4. The molecule has 2 heterocycles. The summed E-state index contributed by atoms with van der Waals surface area (Å²) in [5.74, 6) is -0.565. The van der Waals surface area contributed by atoms with E-state index in [-0.39, 0.29) is 20.5 Å². The number of hydrogen-bond donors (Lipinski definition) is 1. The van der Waals surface area contributed by atoms with Crippen LogP contribution in [0.15, 0.2) is 111 Å². The average molecular weight is 537 g/mol. The Morgan fingerprint density at radius 2 is 1.11 bits per heavy atom. The van der Waals surface area contributed by atoms with Crippen LogP contribution in [-0.4, -0.2) is 27.9 Å². The maximum absolute atomic E-state index is 11.8. The number of halogens is 1. The summed E-state index contributed by atoms with van der Waals surface area (Å²) >= 11 is 5.80. The van der Waals surface area contributed by atoms with Crippen LogP contribution < -0.4 is 4.72 Å². The molecular weight excluding hydrogens is 520 g/mol. The minimum Gasteiger partial charge on any atom is -0.268 e. The van der Waals surface area contributed by atoms with Gasteiger partial charge in [-0.2, -0.15) is 8.42 Å². The van der Waals surface area contributed by atoms with E-state index in [0.29, 0.717) is 5.56 Å². The zero-order chi connectivity index (χ0) is 25.5. The topological polar surface area (TPSA) is 110 Å². The molecule has 2 aliphatic heterocycles. The first kappa shape index (κ1) is 23.9. The van der Waals surface area contributed by atoms with Gasteiger partial charge in [0.05, 0.1) is 5.56 Å². The summed E-state index contributed by atoms with van der Waals surface area (Å²) in [6, 6.07) is 28.9. The highest BCUT2D eigenvalue weighted by Gasteiger charge is 2.32. The molecule has 6 rings (SSSR count). The molecule has 0 fully saturated rings. The molecular formula is C26H17ClN2O5S2. The van der Waals surface area contributed by atoms with Crippen molar-refractivity contribution in [2.24, 2.45) is 4.40 Å². The number of benzene rings is 4. The van der Waals surface area contributed by atoms with Crippen LogP contribution in [0.2, 0.25) is 0 Å². The van der Waals surface area contributed by atoms with Crippen LogP contribution in [-0.2, 0) is 20.0 Å². The van der Waals surface area contributed by atoms with Gasteiger partial charge in [0.2, 0.25) is 0 Å². The average Bonchev–Trinajstić information content (AvgIpc) is 3.26. The third-order valence-electron chi connectivity index (χ3n) is 5.64. The number of fused-ring (bicyclic) bond motifs is 2. The van der Waals surface area contributed by atoms with Crippen molar-refractivity contribution < 1.29 is 21.6 Å². The Hall–Kier alpha value is -3.79. The molecule has 7 nitrogen and oxygen atoms in total. The van der Waals surface area contributed by atoms with Gasteiger partial charge in [0.1, 0.15) is 9.79 Å². The van der Waals surface area contributed by atoms with Crippen molar-refractivity contribution in [3.63, 3.8) is 0 Å². The van der Waals surface area contributed by atoms with E-state index in [1.807, 2.05) is 71.5 Å². The summed E-state index contributed by atoms with van der Waals surface area (Å²) in [6.45, 7) is 0. The van der Waals surface area contributed by atoms with E-state index >= 15 is 0 Å². The number of hydrogen-bond acceptors (Lipinski definition) is 5. The molecule has 1 N–H and O–H groups in total. The summed E-state index contributed by atoms with van der Waals surface area (Å²) in [7, 11) is -7.31. The van der Waals surface area contributed by atoms with Gasteiger partial charge >= 0.3 is 0 Å². The lowest BCUT2D eigenvalue weighted by Crippen LogP contribution is -2.20. The second-order valence-corrected chi connectivity index (χ2v) is 11.5. The lowest BCUT2D eigenvalue weighted by Gasteiger charge is -2.04. The van der Waals surface area contributed by atoms with Crippen LogP contribution >= 0.6 is 11.6 Å². The van der Waals surface area contributed by atoms with Crippen LogP contribution in [0.3, 0.4) is 0 Å². The number of carbonyl (C=O) groups excluding carboxylic acids is 1. The largest absolute Gasteiger partial charge is 0.284 e. The van der Waals surface area contributed by atoms with Crippen LogP contribution in [0.4, 0.5) is 0 Å². The Morgan fingerprint density at radius 1 is 0.611 bits per heavy atom. The van der Waals surface area contributed by atoms with Crippen molar-refractivity contribution in [3.05, 3.63) is 108 Å². The number of nitrogens with one attached hydrogen (secondary N) is 1. The molecule has 0 aliphatic carbocycles. The van der Waals surface area contributed by atoms with Crippen molar-refractivity contribution in [1.29, 1.82) is 0 Å².